The number of aryl methyl sites for hydroxylation is 1. The number of fused-ring (bicyclic) bond motifs is 1. The Kier molecular flexibility index (Phi) is 4.51. The number of nitrogens with zero attached hydrogens (tertiary/aromatic N) is 3. The topological polar surface area (TPSA) is 38.1 Å². The summed E-state index contributed by atoms with van der Waals surface area (Å²) in [6.45, 7) is 0.320. The highest BCUT2D eigenvalue weighted by Crippen LogP contribution is 2.30. The minimum Gasteiger partial charge on any atom is -0.329 e. The lowest BCUT2D eigenvalue weighted by Gasteiger charge is -2.29. The molecule has 26 heavy (non-hydrogen) atoms. The lowest BCUT2D eigenvalue weighted by Crippen LogP contribution is -2.39. The Bertz CT molecular complexity index is 820. The smallest absolute Gasteiger partial charge is 0.260 e. The van der Waals surface area contributed by atoms with Crippen LogP contribution in [0, 0.1) is 11.6 Å². The van der Waals surface area contributed by atoms with Crippen molar-refractivity contribution < 1.29 is 13.6 Å². The quantitative estimate of drug-likeness (QED) is 0.833. The molecule has 0 N–H and O–H groups in total. The van der Waals surface area contributed by atoms with Crippen molar-refractivity contribution in [2.24, 2.45) is 7.05 Å². The molecule has 0 atom stereocenters. The molecule has 0 spiro atoms. The van der Waals surface area contributed by atoms with Gasteiger partial charge in [-0.15, -0.1) is 0 Å². The van der Waals surface area contributed by atoms with Gasteiger partial charge in [-0.05, 0) is 49.8 Å². The average molecular weight is 359 g/mol. The van der Waals surface area contributed by atoms with E-state index in [2.05, 4.69) is 5.10 Å². The molecule has 0 bridgehead atoms. The van der Waals surface area contributed by atoms with Gasteiger partial charge in [-0.3, -0.25) is 9.48 Å². The molecule has 2 aliphatic rings. The van der Waals surface area contributed by atoms with Crippen molar-refractivity contribution in [2.75, 3.05) is 0 Å². The van der Waals surface area contributed by atoms with Gasteiger partial charge in [-0.1, -0.05) is 18.9 Å². The molecule has 1 amide bonds. The van der Waals surface area contributed by atoms with E-state index in [1.54, 1.807) is 4.90 Å². The van der Waals surface area contributed by atoms with E-state index in [0.717, 1.165) is 62.8 Å². The van der Waals surface area contributed by atoms with E-state index in [1.807, 2.05) is 11.7 Å². The molecule has 4 rings (SSSR count). The Morgan fingerprint density at radius 2 is 1.88 bits per heavy atom. The van der Waals surface area contributed by atoms with Crippen LogP contribution in [0.15, 0.2) is 18.2 Å². The van der Waals surface area contributed by atoms with Crippen molar-refractivity contribution in [1.29, 1.82) is 0 Å². The molecule has 1 heterocycles. The second kappa shape index (κ2) is 6.82. The summed E-state index contributed by atoms with van der Waals surface area (Å²) in [7, 11) is 1.92. The Hall–Kier alpha value is -2.24. The standard InChI is InChI=1S/C20H23F2N3O/c1-24-18-11-4-8-14(18)17(23-24)12-25(13-6-2-3-7-13)20(26)19-15(21)9-5-10-16(19)22/h5,9-10,13H,2-4,6-8,11-12H2,1H3. The molecule has 1 aromatic carbocycles. The third-order valence-corrected chi connectivity index (χ3v) is 5.72. The number of amides is 1. The highest BCUT2D eigenvalue weighted by atomic mass is 19.1. The molecule has 138 valence electrons. The minimum atomic E-state index is -0.802. The van der Waals surface area contributed by atoms with E-state index in [0.29, 0.717) is 6.54 Å². The van der Waals surface area contributed by atoms with Crippen LogP contribution in [0.3, 0.4) is 0 Å². The molecule has 2 aromatic rings. The van der Waals surface area contributed by atoms with E-state index in [9.17, 15) is 13.6 Å². The molecule has 2 aliphatic carbocycles. The number of hydrogen-bond acceptors (Lipinski definition) is 2. The number of aromatic nitrogens is 2. The Morgan fingerprint density at radius 1 is 1.19 bits per heavy atom. The van der Waals surface area contributed by atoms with Crippen molar-refractivity contribution in [2.45, 2.75) is 57.5 Å². The molecule has 0 saturated heterocycles. The Labute approximate surface area is 151 Å². The summed E-state index contributed by atoms with van der Waals surface area (Å²) in [6.07, 6.45) is 6.86. The van der Waals surface area contributed by atoms with Crippen LogP contribution in [0.4, 0.5) is 8.78 Å². The van der Waals surface area contributed by atoms with Gasteiger partial charge in [0, 0.05) is 18.8 Å². The SMILES string of the molecule is Cn1nc(CN(C(=O)c2c(F)cccc2F)C2CCCC2)c2c1CCC2. The van der Waals surface area contributed by atoms with Crippen LogP contribution in [0.2, 0.25) is 0 Å². The third kappa shape index (κ3) is 2.91. The first-order valence-electron chi connectivity index (χ1n) is 9.35. The van der Waals surface area contributed by atoms with Crippen LogP contribution in [-0.2, 0) is 26.4 Å². The van der Waals surface area contributed by atoms with Crippen LogP contribution < -0.4 is 0 Å². The fraction of sp³-hybridized carbons (Fsp3) is 0.500. The predicted molar refractivity (Wildman–Crippen MR) is 93.7 cm³/mol. The van der Waals surface area contributed by atoms with Crippen LogP contribution in [0.1, 0.15) is 59.4 Å². The first-order valence-corrected chi connectivity index (χ1v) is 9.35. The van der Waals surface area contributed by atoms with Crippen molar-refractivity contribution in [3.8, 4) is 0 Å². The van der Waals surface area contributed by atoms with E-state index in [1.165, 1.54) is 17.3 Å². The molecular formula is C20H23F2N3O. The first-order chi connectivity index (χ1) is 12.6. The number of carbonyl (C=O) groups is 1. The van der Waals surface area contributed by atoms with Gasteiger partial charge in [0.15, 0.2) is 0 Å². The maximum atomic E-state index is 14.2. The molecule has 1 saturated carbocycles. The van der Waals surface area contributed by atoms with Crippen LogP contribution in [-0.4, -0.2) is 26.6 Å². The summed E-state index contributed by atoms with van der Waals surface area (Å²) in [6, 6.07) is 3.58. The van der Waals surface area contributed by atoms with Crippen LogP contribution >= 0.6 is 0 Å². The van der Waals surface area contributed by atoms with Gasteiger partial charge in [0.25, 0.3) is 5.91 Å². The van der Waals surface area contributed by atoms with E-state index in [-0.39, 0.29) is 6.04 Å². The highest BCUT2D eigenvalue weighted by Gasteiger charge is 2.33. The fourth-order valence-electron chi connectivity index (χ4n) is 4.41. The Balaban J connectivity index is 1.69. The molecular weight excluding hydrogens is 336 g/mol. The monoisotopic (exact) mass is 359 g/mol. The van der Waals surface area contributed by atoms with Crippen LogP contribution in [0.25, 0.3) is 0 Å². The summed E-state index contributed by atoms with van der Waals surface area (Å²) in [5.41, 5.74) is 2.84. The number of rotatable bonds is 4. The van der Waals surface area contributed by atoms with Gasteiger partial charge in [0.2, 0.25) is 0 Å². The number of carbonyl (C=O) groups excluding carboxylic acids is 1. The molecule has 0 radical (unpaired) electrons. The molecule has 1 fully saturated rings. The van der Waals surface area contributed by atoms with Gasteiger partial charge in [0.05, 0.1) is 12.2 Å². The predicted octanol–water partition coefficient (Wildman–Crippen LogP) is 3.77. The summed E-state index contributed by atoms with van der Waals surface area (Å²) >= 11 is 0. The number of benzene rings is 1. The van der Waals surface area contributed by atoms with E-state index < -0.39 is 23.1 Å². The second-order valence-corrected chi connectivity index (χ2v) is 7.32. The maximum Gasteiger partial charge on any atom is 0.260 e. The van der Waals surface area contributed by atoms with E-state index >= 15 is 0 Å². The van der Waals surface area contributed by atoms with Gasteiger partial charge < -0.3 is 4.90 Å². The summed E-state index contributed by atoms with van der Waals surface area (Å²) < 4.78 is 30.3. The van der Waals surface area contributed by atoms with Gasteiger partial charge in [0.1, 0.15) is 17.2 Å². The van der Waals surface area contributed by atoms with Crippen LogP contribution in [0.5, 0.6) is 0 Å². The lowest BCUT2D eigenvalue weighted by molar-refractivity contribution is 0.0650. The summed E-state index contributed by atoms with van der Waals surface area (Å²) in [5.74, 6) is -2.17. The molecule has 4 nitrogen and oxygen atoms in total. The highest BCUT2D eigenvalue weighted by molar-refractivity contribution is 5.95. The zero-order chi connectivity index (χ0) is 18.3. The Morgan fingerprint density at radius 3 is 2.58 bits per heavy atom. The number of halogens is 2. The zero-order valence-corrected chi connectivity index (χ0v) is 15.0. The summed E-state index contributed by atoms with van der Waals surface area (Å²) in [5, 5.41) is 4.60. The van der Waals surface area contributed by atoms with Gasteiger partial charge in [-0.2, -0.15) is 5.10 Å². The van der Waals surface area contributed by atoms with Gasteiger partial charge in [-0.25, -0.2) is 8.78 Å². The molecule has 0 unspecified atom stereocenters. The van der Waals surface area contributed by atoms with Crippen molar-refractivity contribution in [3.63, 3.8) is 0 Å². The maximum absolute atomic E-state index is 14.2. The van der Waals surface area contributed by atoms with Gasteiger partial charge >= 0.3 is 0 Å². The normalized spacial score (nSPS) is 16.9. The fourth-order valence-corrected chi connectivity index (χ4v) is 4.41. The average Bonchev–Trinajstić information content (AvgIpc) is 3.33. The largest absolute Gasteiger partial charge is 0.329 e. The first kappa shape index (κ1) is 17.2. The van der Waals surface area contributed by atoms with Crippen molar-refractivity contribution >= 4 is 5.91 Å². The number of hydrogen-bond donors (Lipinski definition) is 0. The third-order valence-electron chi connectivity index (χ3n) is 5.72. The minimum absolute atomic E-state index is 0.0144. The zero-order valence-electron chi connectivity index (χ0n) is 15.0. The van der Waals surface area contributed by atoms with Crippen molar-refractivity contribution in [1.82, 2.24) is 14.7 Å². The molecule has 1 aromatic heterocycles. The summed E-state index contributed by atoms with van der Waals surface area (Å²) in [4.78, 5) is 14.7. The molecule has 0 aliphatic heterocycles. The lowest BCUT2D eigenvalue weighted by atomic mass is 10.1. The van der Waals surface area contributed by atoms with Crippen molar-refractivity contribution in [3.05, 3.63) is 52.3 Å². The molecule has 6 heteroatoms. The second-order valence-electron chi connectivity index (χ2n) is 7.32. The van der Waals surface area contributed by atoms with E-state index in [4.69, 9.17) is 0 Å².